The summed E-state index contributed by atoms with van der Waals surface area (Å²) < 4.78 is 0. The summed E-state index contributed by atoms with van der Waals surface area (Å²) in [6.07, 6.45) is 0. The van der Waals surface area contributed by atoms with E-state index in [4.69, 9.17) is 0 Å². The van der Waals surface area contributed by atoms with Crippen LogP contribution in [0.25, 0.3) is 0 Å². The zero-order valence-corrected chi connectivity index (χ0v) is 14.3. The first-order valence-electron chi connectivity index (χ1n) is 0. The third kappa shape index (κ3) is 9.32. The number of hydrogen-bond donors (Lipinski definition) is 0. The van der Waals surface area contributed by atoms with Gasteiger partial charge in [0.15, 0.2) is 0 Å². The Morgan fingerprint density at radius 2 is 1.00 bits per heavy atom. The zero-order valence-electron chi connectivity index (χ0n) is 2.29. The van der Waals surface area contributed by atoms with E-state index in [0.29, 0.717) is 0 Å². The van der Waals surface area contributed by atoms with E-state index in [1.807, 2.05) is 0 Å². The van der Waals surface area contributed by atoms with Gasteiger partial charge in [-0.3, -0.25) is 0 Å². The van der Waals surface area contributed by atoms with Crippen molar-refractivity contribution in [1.29, 1.82) is 0 Å². The minimum Gasteiger partial charge on any atom is 0 e. The van der Waals surface area contributed by atoms with Crippen LogP contribution in [0.4, 0.5) is 0 Å². The first kappa shape index (κ1) is 24.7. The SMILES string of the molecule is [Ba].[Cu].[La].[Zn]. The van der Waals surface area contributed by atoms with Crippen molar-refractivity contribution in [1.82, 2.24) is 0 Å². The Kier molecular flexibility index (Phi) is 97.5. The minimum atomic E-state index is 0. The van der Waals surface area contributed by atoms with Crippen LogP contribution < -0.4 is 0 Å². The summed E-state index contributed by atoms with van der Waals surface area (Å²) in [5.74, 6) is 0. The molecule has 0 atom stereocenters. The second-order valence-electron chi connectivity index (χ2n) is 0. The van der Waals surface area contributed by atoms with E-state index in [-0.39, 0.29) is 121 Å². The molecule has 0 aromatic carbocycles. The fourth-order valence-corrected chi connectivity index (χ4v) is 0. The molecule has 0 unspecified atom stereocenters. The summed E-state index contributed by atoms with van der Waals surface area (Å²) in [7, 11) is 0. The molecule has 4 heavy (non-hydrogen) atoms. The van der Waals surface area contributed by atoms with E-state index < -0.39 is 0 Å². The first-order chi connectivity index (χ1) is 0. The van der Waals surface area contributed by atoms with Crippen molar-refractivity contribution >= 4 is 48.9 Å². The van der Waals surface area contributed by atoms with Crippen LogP contribution in [-0.2, 0) is 36.5 Å². The van der Waals surface area contributed by atoms with Crippen LogP contribution in [-0.4, -0.2) is 48.9 Å². The molecule has 0 aromatic heterocycles. The molecular formula is BaCuLaZn. The van der Waals surface area contributed by atoms with Crippen LogP contribution in [0.5, 0.6) is 0 Å². The van der Waals surface area contributed by atoms with E-state index in [2.05, 4.69) is 0 Å². The van der Waals surface area contributed by atoms with Crippen molar-refractivity contribution in [2.75, 3.05) is 0 Å². The van der Waals surface area contributed by atoms with Gasteiger partial charge in [0.25, 0.3) is 0 Å². The Hall–Kier alpha value is 3.91. The van der Waals surface area contributed by atoms with Crippen LogP contribution in [0.1, 0.15) is 0 Å². The van der Waals surface area contributed by atoms with Gasteiger partial charge < -0.3 is 0 Å². The van der Waals surface area contributed by atoms with Gasteiger partial charge >= 0.3 is 0 Å². The molecule has 0 rings (SSSR count). The molecule has 0 aliphatic carbocycles. The molecular weight excluding hydrogens is 405 g/mol. The summed E-state index contributed by atoms with van der Waals surface area (Å²) >= 11 is 0. The molecule has 0 saturated heterocycles. The van der Waals surface area contributed by atoms with E-state index in [0.717, 1.165) is 0 Å². The van der Waals surface area contributed by atoms with E-state index >= 15 is 0 Å². The van der Waals surface area contributed by atoms with Gasteiger partial charge in [0.05, 0.1) is 0 Å². The zero-order chi connectivity index (χ0) is 0. The molecule has 4 radical (unpaired) electrons. The van der Waals surface area contributed by atoms with Crippen LogP contribution >= 0.6 is 0 Å². The summed E-state index contributed by atoms with van der Waals surface area (Å²) in [6, 6.07) is 0. The van der Waals surface area contributed by atoms with Crippen molar-refractivity contribution in [3.63, 3.8) is 0 Å². The van der Waals surface area contributed by atoms with Gasteiger partial charge in [0.2, 0.25) is 0 Å². The quantitative estimate of drug-likeness (QED) is 0.482. The first-order valence-corrected chi connectivity index (χ1v) is 0. The molecule has 0 N–H and O–H groups in total. The Labute approximate surface area is 118 Å². The second kappa shape index (κ2) is 15.8. The third-order valence-corrected chi connectivity index (χ3v) is 0. The second-order valence-corrected chi connectivity index (χ2v) is 0. The van der Waals surface area contributed by atoms with Crippen molar-refractivity contribution < 1.29 is 72.1 Å². The van der Waals surface area contributed by atoms with Crippen molar-refractivity contribution in [2.45, 2.75) is 0 Å². The summed E-state index contributed by atoms with van der Waals surface area (Å²) in [5, 5.41) is 0. The van der Waals surface area contributed by atoms with Gasteiger partial charge in [-0.1, -0.05) is 0 Å². The maximum atomic E-state index is 0. The molecule has 0 saturated carbocycles. The van der Waals surface area contributed by atoms with Crippen molar-refractivity contribution in [2.24, 2.45) is 0 Å². The van der Waals surface area contributed by atoms with Crippen molar-refractivity contribution in [3.05, 3.63) is 0 Å². The fraction of sp³-hybridized carbons (Fsp3) is 0. The van der Waals surface area contributed by atoms with Gasteiger partial charge in [0, 0.05) is 121 Å². The van der Waals surface area contributed by atoms with Crippen molar-refractivity contribution in [3.8, 4) is 0 Å². The summed E-state index contributed by atoms with van der Waals surface area (Å²) in [4.78, 5) is 0. The van der Waals surface area contributed by atoms with E-state index in [1.165, 1.54) is 0 Å². The number of hydrogen-bond acceptors (Lipinski definition) is 0. The standard InChI is InChI=1S/Ba.Cu.La.Zn. The Bertz CT molecular complexity index is 8.00. The van der Waals surface area contributed by atoms with Gasteiger partial charge in [0.1, 0.15) is 0 Å². The smallest absolute Gasteiger partial charge is 0 e. The van der Waals surface area contributed by atoms with Crippen LogP contribution in [0, 0.1) is 35.6 Å². The van der Waals surface area contributed by atoms with Gasteiger partial charge in [-0.15, -0.1) is 0 Å². The summed E-state index contributed by atoms with van der Waals surface area (Å²) in [5.41, 5.74) is 0. The van der Waals surface area contributed by atoms with Gasteiger partial charge in [-0.2, -0.15) is 0 Å². The molecule has 4 heteroatoms. The Morgan fingerprint density at radius 3 is 1.00 bits per heavy atom. The number of rotatable bonds is 0. The molecule has 0 heterocycles. The van der Waals surface area contributed by atoms with Crippen LogP contribution in [0.15, 0.2) is 0 Å². The molecule has 0 aliphatic rings. The monoisotopic (exact) mass is 404 g/mol. The average Bonchev–Trinajstić information content (AvgIpc) is 0. The maximum Gasteiger partial charge on any atom is 0 e. The predicted molar refractivity (Wildman–Crippen MR) is 5.75 cm³/mol. The van der Waals surface area contributed by atoms with Crippen LogP contribution in [0.3, 0.4) is 0 Å². The van der Waals surface area contributed by atoms with E-state index in [1.54, 1.807) is 0 Å². The molecule has 0 fully saturated rings. The molecule has 0 aliphatic heterocycles. The molecule has 18 valence electrons. The normalized spacial score (nSPS) is 0. The largest absolute Gasteiger partial charge is 0 e. The van der Waals surface area contributed by atoms with Gasteiger partial charge in [-0.05, 0) is 0 Å². The van der Waals surface area contributed by atoms with E-state index in [9.17, 15) is 0 Å². The third-order valence-electron chi connectivity index (χ3n) is 0. The molecule has 0 spiro atoms. The fourth-order valence-electron chi connectivity index (χ4n) is 0. The van der Waals surface area contributed by atoms with Crippen LogP contribution in [0.2, 0.25) is 0 Å². The Balaban J connectivity index is 0. The predicted octanol–water partition coefficient (Wildman–Crippen LogP) is -0.386. The average molecular weight is 405 g/mol. The summed E-state index contributed by atoms with van der Waals surface area (Å²) in [6.45, 7) is 0. The molecule has 0 bridgehead atoms. The Morgan fingerprint density at radius 1 is 1.00 bits per heavy atom. The molecule has 0 aromatic rings. The maximum absolute atomic E-state index is 0. The topological polar surface area (TPSA) is 0 Å². The molecule has 0 amide bonds. The molecule has 0 nitrogen and oxygen atoms in total. The van der Waals surface area contributed by atoms with Gasteiger partial charge in [-0.25, -0.2) is 0 Å². The minimum absolute atomic E-state index is 0.